The van der Waals surface area contributed by atoms with E-state index >= 15 is 0 Å². The zero-order valence-electron chi connectivity index (χ0n) is 15.9. The highest BCUT2D eigenvalue weighted by Crippen LogP contribution is 2.36. The van der Waals surface area contributed by atoms with Crippen molar-refractivity contribution in [2.45, 2.75) is 18.5 Å². The van der Waals surface area contributed by atoms with Crippen LogP contribution in [0.4, 0.5) is 23.7 Å². The molecule has 2 saturated heterocycles. The monoisotopic (exact) mass is 446 g/mol. The van der Waals surface area contributed by atoms with Gasteiger partial charge in [0.25, 0.3) is 5.91 Å². The smallest absolute Gasteiger partial charge is 0.433 e. The Labute approximate surface area is 175 Å². The number of nitrogens with zero attached hydrogens (tertiary/aromatic N) is 4. The van der Waals surface area contributed by atoms with Crippen molar-refractivity contribution in [1.29, 1.82) is 5.26 Å². The summed E-state index contributed by atoms with van der Waals surface area (Å²) in [5, 5.41) is 8.95. The number of rotatable bonds is 2. The maximum Gasteiger partial charge on any atom is 0.433 e. The van der Waals surface area contributed by atoms with Gasteiger partial charge >= 0.3 is 12.3 Å². The summed E-state index contributed by atoms with van der Waals surface area (Å²) in [5.41, 5.74) is 0.215. The molecule has 3 rings (SSSR count). The van der Waals surface area contributed by atoms with Gasteiger partial charge in [0, 0.05) is 31.9 Å². The maximum absolute atomic E-state index is 13.6. The lowest BCUT2D eigenvalue weighted by atomic mass is 10.2. The number of amides is 2. The number of anilines is 1. The zero-order valence-corrected chi connectivity index (χ0v) is 16.6. The van der Waals surface area contributed by atoms with Crippen molar-refractivity contribution < 1.29 is 32.2 Å². The first-order valence-electron chi connectivity index (χ1n) is 8.96. The summed E-state index contributed by atoms with van der Waals surface area (Å²) in [6.07, 6.45) is -8.94. The van der Waals surface area contributed by atoms with E-state index in [0.717, 1.165) is 4.90 Å². The fourth-order valence-electron chi connectivity index (χ4n) is 3.39. The second-order valence-electron chi connectivity index (χ2n) is 6.73. The Hall–Kier alpha value is -2.71. The van der Waals surface area contributed by atoms with Crippen molar-refractivity contribution in [3.63, 3.8) is 0 Å². The van der Waals surface area contributed by atoms with Crippen LogP contribution >= 0.6 is 11.6 Å². The van der Waals surface area contributed by atoms with Gasteiger partial charge in [0.05, 0.1) is 24.2 Å². The van der Waals surface area contributed by atoms with E-state index in [-0.39, 0.29) is 49.0 Å². The van der Waals surface area contributed by atoms with Crippen molar-refractivity contribution in [2.24, 2.45) is 0 Å². The Bertz CT molecular complexity index is 868. The third-order valence-corrected chi connectivity index (χ3v) is 5.24. The number of methoxy groups -OCH3 is 1. The van der Waals surface area contributed by atoms with Crippen LogP contribution in [0.2, 0.25) is 5.02 Å². The molecule has 0 radical (unpaired) electrons. The van der Waals surface area contributed by atoms with Crippen molar-refractivity contribution in [3.8, 4) is 6.07 Å². The normalized spacial score (nSPS) is 22.1. The molecule has 0 N–H and O–H groups in total. The predicted molar refractivity (Wildman–Crippen MR) is 98.8 cm³/mol. The van der Waals surface area contributed by atoms with Gasteiger partial charge in [-0.1, -0.05) is 11.6 Å². The molecule has 162 valence electrons. The summed E-state index contributed by atoms with van der Waals surface area (Å²) in [6.45, 7) is 0.411. The summed E-state index contributed by atoms with van der Waals surface area (Å²) in [6, 6.07) is 5.72. The topological polar surface area (TPSA) is 86.1 Å². The Kier molecular flexibility index (Phi) is 6.28. The molecule has 2 atom stereocenters. The third-order valence-electron chi connectivity index (χ3n) is 4.92. The summed E-state index contributed by atoms with van der Waals surface area (Å²) < 4.78 is 50.4. The minimum atomic E-state index is -4.75. The van der Waals surface area contributed by atoms with Crippen LogP contribution in [0.15, 0.2) is 18.2 Å². The first-order chi connectivity index (χ1) is 14.2. The lowest BCUT2D eigenvalue weighted by Crippen LogP contribution is -2.53. The maximum atomic E-state index is 13.6. The van der Waals surface area contributed by atoms with E-state index in [2.05, 4.69) is 4.74 Å². The van der Waals surface area contributed by atoms with E-state index in [1.165, 1.54) is 35.1 Å². The second kappa shape index (κ2) is 8.57. The Morgan fingerprint density at radius 3 is 2.40 bits per heavy atom. The van der Waals surface area contributed by atoms with Gasteiger partial charge in [-0.25, -0.2) is 4.79 Å². The highest BCUT2D eigenvalue weighted by Gasteiger charge is 2.53. The van der Waals surface area contributed by atoms with Crippen LogP contribution < -0.4 is 4.90 Å². The molecule has 30 heavy (non-hydrogen) atoms. The number of hydrogen-bond acceptors (Lipinski definition) is 6. The summed E-state index contributed by atoms with van der Waals surface area (Å²) >= 11 is 5.95. The number of piperazine rings is 1. The van der Waals surface area contributed by atoms with E-state index < -0.39 is 30.5 Å². The number of halogens is 4. The molecule has 0 bridgehead atoms. The van der Waals surface area contributed by atoms with Crippen LogP contribution in [0.3, 0.4) is 0 Å². The Balaban J connectivity index is 1.75. The molecule has 0 spiro atoms. The molecule has 0 aromatic heterocycles. The van der Waals surface area contributed by atoms with E-state index in [4.69, 9.17) is 21.6 Å². The molecular formula is C18H18ClF3N4O4. The average molecular weight is 447 g/mol. The van der Waals surface area contributed by atoms with E-state index in [0.29, 0.717) is 0 Å². The Morgan fingerprint density at radius 1 is 1.23 bits per heavy atom. The molecule has 2 heterocycles. The van der Waals surface area contributed by atoms with Gasteiger partial charge in [0.1, 0.15) is 6.07 Å². The van der Waals surface area contributed by atoms with E-state index in [9.17, 15) is 22.8 Å². The van der Waals surface area contributed by atoms with Crippen LogP contribution in [-0.2, 0) is 14.3 Å². The van der Waals surface area contributed by atoms with Gasteiger partial charge in [-0.05, 0) is 18.2 Å². The Morgan fingerprint density at radius 2 is 1.87 bits per heavy atom. The lowest BCUT2D eigenvalue weighted by Gasteiger charge is -2.34. The molecule has 2 amide bonds. The van der Waals surface area contributed by atoms with Gasteiger partial charge < -0.3 is 24.2 Å². The van der Waals surface area contributed by atoms with Crippen molar-refractivity contribution in [1.82, 2.24) is 9.80 Å². The van der Waals surface area contributed by atoms with Crippen LogP contribution in [0.25, 0.3) is 0 Å². The molecule has 12 heteroatoms. The number of carbonyl (C=O) groups is 2. The quantitative estimate of drug-likeness (QED) is 0.692. The summed E-state index contributed by atoms with van der Waals surface area (Å²) in [7, 11) is 1.24. The molecule has 0 aliphatic carbocycles. The first kappa shape index (κ1) is 22.0. The average Bonchev–Trinajstić information content (AvgIpc) is 3.19. The molecule has 2 aliphatic heterocycles. The SMILES string of the molecule is COC(=O)N1CCN(C(=O)[C@@H]2CN(c3ccc(C#N)c(Cl)c3)[C@@H](C(F)(F)F)O2)CC1. The fraction of sp³-hybridized carbons (Fsp3) is 0.500. The summed E-state index contributed by atoms with van der Waals surface area (Å²) in [4.78, 5) is 28.0. The second-order valence-corrected chi connectivity index (χ2v) is 7.14. The van der Waals surface area contributed by atoms with Gasteiger partial charge in [0.2, 0.25) is 6.23 Å². The molecule has 0 unspecified atom stereocenters. The van der Waals surface area contributed by atoms with Crippen LogP contribution in [0.5, 0.6) is 0 Å². The van der Waals surface area contributed by atoms with Crippen LogP contribution in [-0.4, -0.2) is 80.1 Å². The van der Waals surface area contributed by atoms with E-state index in [1.54, 1.807) is 0 Å². The minimum Gasteiger partial charge on any atom is -0.453 e. The van der Waals surface area contributed by atoms with Gasteiger partial charge in [0.15, 0.2) is 6.10 Å². The fourth-order valence-corrected chi connectivity index (χ4v) is 3.61. The highest BCUT2D eigenvalue weighted by atomic mass is 35.5. The minimum absolute atomic E-state index is 0.00429. The van der Waals surface area contributed by atoms with E-state index in [1.807, 2.05) is 6.07 Å². The van der Waals surface area contributed by atoms with Crippen molar-refractivity contribution in [2.75, 3.05) is 44.7 Å². The largest absolute Gasteiger partial charge is 0.453 e. The van der Waals surface area contributed by atoms with Gasteiger partial charge in [-0.2, -0.15) is 18.4 Å². The number of alkyl halides is 3. The standard InChI is InChI=1S/C18H18ClF3N4O4/c1-29-17(28)25-6-4-24(5-7-25)15(27)14-10-26(16(30-14)18(20,21)22)12-3-2-11(9-23)13(19)8-12/h2-3,8,14,16H,4-7,10H2,1H3/t14-,16+/m0/s1. The summed E-state index contributed by atoms with van der Waals surface area (Å²) in [5.74, 6) is -0.587. The molecule has 2 aliphatic rings. The molecule has 0 saturated carbocycles. The van der Waals surface area contributed by atoms with Crippen molar-refractivity contribution >= 4 is 29.3 Å². The zero-order chi connectivity index (χ0) is 22.1. The number of ether oxygens (including phenoxy) is 2. The number of hydrogen-bond donors (Lipinski definition) is 0. The number of nitriles is 1. The highest BCUT2D eigenvalue weighted by molar-refractivity contribution is 6.32. The van der Waals surface area contributed by atoms with Crippen molar-refractivity contribution in [3.05, 3.63) is 28.8 Å². The lowest BCUT2D eigenvalue weighted by molar-refractivity contribution is -0.215. The molecular weight excluding hydrogens is 429 g/mol. The molecule has 1 aromatic carbocycles. The van der Waals surface area contributed by atoms with Gasteiger partial charge in [-0.15, -0.1) is 0 Å². The molecule has 1 aromatic rings. The molecule has 8 nitrogen and oxygen atoms in total. The number of benzene rings is 1. The van der Waals surface area contributed by atoms with Crippen LogP contribution in [0, 0.1) is 11.3 Å². The first-order valence-corrected chi connectivity index (χ1v) is 9.33. The predicted octanol–water partition coefficient (Wildman–Crippen LogP) is 2.22. The molecule has 2 fully saturated rings. The van der Waals surface area contributed by atoms with Crippen LogP contribution in [0.1, 0.15) is 5.56 Å². The number of carbonyl (C=O) groups excluding carboxylic acids is 2. The third kappa shape index (κ3) is 4.39. The van der Waals surface area contributed by atoms with Gasteiger partial charge in [-0.3, -0.25) is 4.79 Å².